The summed E-state index contributed by atoms with van der Waals surface area (Å²) in [6.45, 7) is 61.8. The standard InChI is InChI=1S/C12H23NO3.2C12H24O2.C10H21NO2.2C10H20O3.C9H19NO3/c1-11(2,3)9-13(4,16)12(10(14)15)7-5-6-8-12;2*1-9(2)10(11(13)14)7-6-8-12(3,4)5;1-8(12)7-11(6,13)9(2)10(3,4)5;2*1-7(9(12)13)5-8(6-11)10(2,3)4;1-7(8(11)12)10(5,13)6-9(2,3)4/h5-9H2,1-4H3,(H,14,15);2*9-10H,6-8H2,1-5H3,(H,13,14);9,12H,1,7H2,2-6H3;2*7-8,11H,5-6H2,1-4H3,(H,12,13);7H,6H2,1-5H3,(H,11,12)/t;2*10-;;7-,8+;7-,8-;/m.10.00./s1. The third kappa shape index (κ3) is 48.7. The topological polar surface area (TPSA) is 354 Å². The predicted octanol–water partition coefficient (Wildman–Crippen LogP) is 16.9. The van der Waals surface area contributed by atoms with Crippen LogP contribution in [0, 0.1) is 101 Å². The Morgan fingerprint density at radius 2 is 0.750 bits per heavy atom. The Morgan fingerprint density at radius 1 is 0.448 bits per heavy atom. The van der Waals surface area contributed by atoms with Gasteiger partial charge in [0.15, 0.2) is 11.6 Å². The van der Waals surface area contributed by atoms with Crippen LogP contribution in [0.25, 0.3) is 0 Å². The summed E-state index contributed by atoms with van der Waals surface area (Å²) in [5.74, 6) is -5.38. The summed E-state index contributed by atoms with van der Waals surface area (Å²) >= 11 is 0. The monoisotopic (exact) mass is 1380 g/mol. The molecule has 1 rings (SSSR count). The van der Waals surface area contributed by atoms with Crippen molar-refractivity contribution in [3.8, 4) is 0 Å². The Labute approximate surface area is 584 Å². The van der Waals surface area contributed by atoms with Crippen molar-refractivity contribution in [2.75, 3.05) is 54.0 Å². The summed E-state index contributed by atoms with van der Waals surface area (Å²) in [4.78, 5) is 65.0. The van der Waals surface area contributed by atoms with E-state index in [0.717, 1.165) is 51.4 Å². The molecule has 0 radical (unpaired) electrons. The summed E-state index contributed by atoms with van der Waals surface area (Å²) in [6.07, 6.45) is 9.65. The number of carboxylic acids is 6. The van der Waals surface area contributed by atoms with Gasteiger partial charge in [-0.05, 0) is 111 Å². The van der Waals surface area contributed by atoms with Gasteiger partial charge in [0.1, 0.15) is 12.3 Å². The van der Waals surface area contributed by atoms with Crippen LogP contribution in [-0.4, -0.2) is 167 Å². The average Bonchev–Trinajstić information content (AvgIpc) is 1.48. The fourth-order valence-corrected chi connectivity index (χ4v) is 11.2. The minimum absolute atomic E-state index is 0.0293. The summed E-state index contributed by atoms with van der Waals surface area (Å²) in [5.41, 5.74) is -0.891. The molecule has 0 aromatic carbocycles. The van der Waals surface area contributed by atoms with Crippen molar-refractivity contribution >= 4 is 35.8 Å². The minimum atomic E-state index is -1.10. The lowest BCUT2D eigenvalue weighted by atomic mass is 9.76. The van der Waals surface area contributed by atoms with Crippen molar-refractivity contribution in [1.29, 1.82) is 0 Å². The van der Waals surface area contributed by atoms with E-state index in [9.17, 15) is 49.5 Å². The Kier molecular flexibility index (Phi) is 46.9. The first-order valence-electron chi connectivity index (χ1n) is 34.9. The number of aliphatic carboxylic acids is 6. The van der Waals surface area contributed by atoms with E-state index in [2.05, 4.69) is 48.1 Å². The van der Waals surface area contributed by atoms with Gasteiger partial charge in [0, 0.05) is 42.3 Å². The number of aliphatic hydroxyl groups is 3. The van der Waals surface area contributed by atoms with Crippen LogP contribution >= 0.6 is 0 Å². The molecule has 0 bridgehead atoms. The summed E-state index contributed by atoms with van der Waals surface area (Å²) in [6, 6.07) is -0.976. The second kappa shape index (κ2) is 43.6. The lowest BCUT2D eigenvalue weighted by Gasteiger charge is -2.53. The molecule has 574 valence electrons. The van der Waals surface area contributed by atoms with Crippen LogP contribution in [0.3, 0.4) is 0 Å². The van der Waals surface area contributed by atoms with E-state index in [1.165, 1.54) is 21.0 Å². The van der Waals surface area contributed by atoms with E-state index >= 15 is 0 Å². The normalized spacial score (nSPS) is 17.9. The van der Waals surface area contributed by atoms with Crippen LogP contribution in [-0.2, 0) is 28.8 Å². The maximum Gasteiger partial charge on any atom is 0.366 e. The lowest BCUT2D eigenvalue weighted by Crippen LogP contribution is -2.63. The van der Waals surface area contributed by atoms with Crippen LogP contribution in [0.15, 0.2) is 12.3 Å². The highest BCUT2D eigenvalue weighted by atomic mass is 16.6. The lowest BCUT2D eigenvalue weighted by molar-refractivity contribution is -0.909. The summed E-state index contributed by atoms with van der Waals surface area (Å²) in [5, 5.41) is 117. The summed E-state index contributed by atoms with van der Waals surface area (Å²) < 4.78 is -1.84. The molecule has 0 amide bonds. The Hall–Kier alpha value is -3.96. The highest BCUT2D eigenvalue weighted by molar-refractivity contribution is 5.78. The molecule has 1 saturated carbocycles. The number of hydroxylamine groups is 9. The number of likely N-dealkylation sites (N-methyl/N-ethyl adjacent to an activating group) is 3. The van der Waals surface area contributed by atoms with Gasteiger partial charge in [-0.3, -0.25) is 19.2 Å². The first kappa shape index (κ1) is 103. The number of aliphatic hydroxyl groups excluding tert-OH is 3. The molecule has 96 heavy (non-hydrogen) atoms. The number of carbonyl (C=O) groups is 6. The number of nitrogens with zero attached hydrogens (tertiary/aromatic N) is 3. The molecule has 0 saturated heterocycles. The number of carboxylic acid groups (broad SMARTS) is 6. The van der Waals surface area contributed by atoms with Crippen molar-refractivity contribution < 1.29 is 88.7 Å². The molecule has 1 aliphatic rings. The number of hydrogen-bond donors (Lipinski definition) is 9. The molecule has 21 nitrogen and oxygen atoms in total. The molecular formula is C75H151N3O18. The fourth-order valence-electron chi connectivity index (χ4n) is 11.2. The SMILES string of the molecule is C=C(O)C[N+](C)([O-])C(C)C(C)(C)C.CC(C(=O)O)[N+](C)([O-])CC(C)(C)C.CC(C)(C)C[N+](C)([O-])C1(C(=O)O)CCCC1.CC(C)[C@@H](CCCC(C)(C)C)C(=O)O.CC(C)[C@H](CCCC(C)(C)C)C(=O)O.C[C@@H](C[C@@H](CO)C(C)(C)C)C(=O)O.C[C@@H](C[C@H](CO)C(C)(C)C)C(=O)O. The zero-order valence-electron chi connectivity index (χ0n) is 67.0. The minimum Gasteiger partial charge on any atom is -0.632 e. The van der Waals surface area contributed by atoms with Crippen molar-refractivity contribution in [2.24, 2.45) is 85.2 Å². The highest BCUT2D eigenvalue weighted by Crippen LogP contribution is 2.41. The molecule has 1 fully saturated rings. The van der Waals surface area contributed by atoms with E-state index in [1.807, 2.05) is 138 Å². The molecule has 0 aromatic rings. The van der Waals surface area contributed by atoms with Gasteiger partial charge in [-0.2, -0.15) is 0 Å². The summed E-state index contributed by atoms with van der Waals surface area (Å²) in [7, 11) is 4.49. The molecule has 21 heteroatoms. The van der Waals surface area contributed by atoms with Gasteiger partial charge >= 0.3 is 35.8 Å². The van der Waals surface area contributed by atoms with Crippen LogP contribution < -0.4 is 0 Å². The third-order valence-electron chi connectivity index (χ3n) is 18.2. The number of rotatable bonds is 27. The smallest absolute Gasteiger partial charge is 0.366 e. The molecule has 0 aliphatic heterocycles. The van der Waals surface area contributed by atoms with Crippen LogP contribution in [0.2, 0.25) is 0 Å². The number of hydrogen-bond acceptors (Lipinski definition) is 12. The first-order valence-corrected chi connectivity index (χ1v) is 34.9. The second-order valence-corrected chi connectivity index (χ2v) is 36.9. The van der Waals surface area contributed by atoms with Gasteiger partial charge in [-0.25, -0.2) is 9.59 Å². The molecule has 1 aliphatic carbocycles. The average molecular weight is 1380 g/mol. The van der Waals surface area contributed by atoms with E-state index in [4.69, 9.17) is 40.9 Å². The molecule has 0 spiro atoms. The molecule has 11 atom stereocenters. The molecule has 0 heterocycles. The largest absolute Gasteiger partial charge is 0.632 e. The molecule has 5 unspecified atom stereocenters. The van der Waals surface area contributed by atoms with Gasteiger partial charge in [0.05, 0.1) is 63.9 Å². The first-order chi connectivity index (χ1) is 42.3. The van der Waals surface area contributed by atoms with Gasteiger partial charge in [-0.1, -0.05) is 206 Å². The molecular weight excluding hydrogens is 1230 g/mol. The zero-order chi connectivity index (χ0) is 78.3. The Bertz CT molecular complexity index is 2140. The molecule has 0 aromatic heterocycles. The van der Waals surface area contributed by atoms with Gasteiger partial charge < -0.3 is 75.5 Å². The number of quaternary nitrogens is 3. The van der Waals surface area contributed by atoms with Gasteiger partial charge in [-0.15, -0.1) is 0 Å². The Morgan fingerprint density at radius 3 is 0.938 bits per heavy atom. The van der Waals surface area contributed by atoms with Crippen molar-refractivity contribution in [3.63, 3.8) is 0 Å². The Balaban J connectivity index is -0.000000246. The molecule has 9 N–H and O–H groups in total. The highest BCUT2D eigenvalue weighted by Gasteiger charge is 2.53. The van der Waals surface area contributed by atoms with Crippen molar-refractivity contribution in [2.45, 2.75) is 295 Å². The van der Waals surface area contributed by atoms with Crippen LogP contribution in [0.1, 0.15) is 278 Å². The van der Waals surface area contributed by atoms with E-state index < -0.39 is 61.3 Å². The van der Waals surface area contributed by atoms with Gasteiger partial charge in [0.2, 0.25) is 0 Å². The second-order valence-electron chi connectivity index (χ2n) is 36.9. The predicted molar refractivity (Wildman–Crippen MR) is 390 cm³/mol. The fraction of sp³-hybridized carbons (Fsp3) is 0.893. The van der Waals surface area contributed by atoms with Crippen LogP contribution in [0.4, 0.5) is 0 Å². The van der Waals surface area contributed by atoms with E-state index in [0.29, 0.717) is 49.6 Å². The maximum absolute atomic E-state index is 12.6. The third-order valence-corrected chi connectivity index (χ3v) is 18.2. The van der Waals surface area contributed by atoms with Crippen molar-refractivity contribution in [3.05, 3.63) is 28.0 Å². The van der Waals surface area contributed by atoms with Crippen molar-refractivity contribution in [1.82, 2.24) is 0 Å². The maximum atomic E-state index is 12.6. The quantitative estimate of drug-likeness (QED) is 0.0210. The zero-order valence-corrected chi connectivity index (χ0v) is 67.0. The van der Waals surface area contributed by atoms with Crippen LogP contribution in [0.5, 0.6) is 0 Å². The van der Waals surface area contributed by atoms with E-state index in [1.54, 1.807) is 20.9 Å². The van der Waals surface area contributed by atoms with E-state index in [-0.39, 0.29) is 106 Å². The van der Waals surface area contributed by atoms with Gasteiger partial charge in [0.25, 0.3) is 0 Å².